The van der Waals surface area contributed by atoms with Gasteiger partial charge in [0.1, 0.15) is 16.1 Å². The van der Waals surface area contributed by atoms with Gasteiger partial charge in [0.25, 0.3) is 0 Å². The summed E-state index contributed by atoms with van der Waals surface area (Å²) in [6, 6.07) is 42.3. The lowest BCUT2D eigenvalue weighted by Gasteiger charge is -2.19. The smallest absolute Gasteiger partial charge is 0.113 e. The highest BCUT2D eigenvalue weighted by Gasteiger charge is 2.39. The van der Waals surface area contributed by atoms with Gasteiger partial charge in [-0.15, -0.1) is 45.3 Å². The minimum atomic E-state index is -1.79. The van der Waals surface area contributed by atoms with Crippen molar-refractivity contribution in [3.63, 3.8) is 0 Å². The summed E-state index contributed by atoms with van der Waals surface area (Å²) >= 11 is 7.67. The second-order valence-electron chi connectivity index (χ2n) is 15.4. The van der Waals surface area contributed by atoms with E-state index in [1.165, 1.54) is 84.2 Å². The number of aromatic nitrogens is 2. The SMILES string of the molecule is C[Si]1(C)c2ccccc2-c2ccc(-n3c4ccsc4c4sc(-c5cc6c(s5)c5sccc5n6-c5ccc6c(c5)[Si](C)(C)c5ccccc5-6)cc43)cc21. The van der Waals surface area contributed by atoms with Crippen LogP contribution in [-0.4, -0.2) is 25.3 Å². The molecule has 12 rings (SSSR count). The topological polar surface area (TPSA) is 9.86 Å². The van der Waals surface area contributed by atoms with Crippen LogP contribution in [0.3, 0.4) is 0 Å². The molecule has 0 N–H and O–H groups in total. The second kappa shape index (κ2) is 10.2. The first-order chi connectivity index (χ1) is 25.3. The number of rotatable bonds is 3. The molecule has 0 fully saturated rings. The first-order valence-corrected chi connectivity index (χ1v) is 27.2. The zero-order valence-electron chi connectivity index (χ0n) is 29.1. The molecule has 10 aromatic rings. The molecule has 0 amide bonds. The Labute approximate surface area is 319 Å². The van der Waals surface area contributed by atoms with Crippen LogP contribution in [0.15, 0.2) is 120 Å². The van der Waals surface area contributed by atoms with E-state index < -0.39 is 16.1 Å². The van der Waals surface area contributed by atoms with Crippen LogP contribution in [0.2, 0.25) is 26.2 Å². The van der Waals surface area contributed by atoms with Gasteiger partial charge < -0.3 is 9.13 Å². The Bertz CT molecular complexity index is 2940. The van der Waals surface area contributed by atoms with Crippen molar-refractivity contribution in [2.45, 2.75) is 26.2 Å². The minimum Gasteiger partial charge on any atom is -0.307 e. The van der Waals surface area contributed by atoms with Crippen molar-refractivity contribution >= 4 is 123 Å². The Kier molecular flexibility index (Phi) is 5.94. The van der Waals surface area contributed by atoms with Gasteiger partial charge >= 0.3 is 0 Å². The molecule has 0 saturated heterocycles. The molecule has 8 heterocycles. The van der Waals surface area contributed by atoms with Gasteiger partial charge in [-0.05, 0) is 102 Å². The fourth-order valence-corrected chi connectivity index (χ4v) is 20.1. The van der Waals surface area contributed by atoms with E-state index in [0.717, 1.165) is 0 Å². The molecule has 0 saturated carbocycles. The maximum absolute atomic E-state index is 2.54. The summed E-state index contributed by atoms with van der Waals surface area (Å²) in [5.74, 6) is 0. The van der Waals surface area contributed by atoms with Crippen LogP contribution < -0.4 is 20.7 Å². The fraction of sp³-hybridized carbons (Fsp3) is 0.0909. The molecule has 0 radical (unpaired) electrons. The molecule has 2 nitrogen and oxygen atoms in total. The molecule has 0 unspecified atom stereocenters. The van der Waals surface area contributed by atoms with Crippen LogP contribution >= 0.6 is 45.3 Å². The largest absolute Gasteiger partial charge is 0.307 e. The molecule has 2 aliphatic heterocycles. The van der Waals surface area contributed by atoms with E-state index in [9.17, 15) is 0 Å². The van der Waals surface area contributed by atoms with E-state index in [1.807, 2.05) is 45.3 Å². The lowest BCUT2D eigenvalue weighted by molar-refractivity contribution is 1.19. The Morgan fingerprint density at radius 2 is 0.827 bits per heavy atom. The molecule has 4 aromatic carbocycles. The van der Waals surface area contributed by atoms with Gasteiger partial charge in [0, 0.05) is 21.1 Å². The third kappa shape index (κ3) is 3.77. The molecular weight excluding hydrogens is 741 g/mol. The third-order valence-electron chi connectivity index (χ3n) is 12.0. The summed E-state index contributed by atoms with van der Waals surface area (Å²) in [7, 11) is -3.58. The summed E-state index contributed by atoms with van der Waals surface area (Å²) in [4.78, 5) is 2.71. The quantitative estimate of drug-likeness (QED) is 0.158. The van der Waals surface area contributed by atoms with Gasteiger partial charge in [-0.3, -0.25) is 0 Å². The van der Waals surface area contributed by atoms with Gasteiger partial charge in [0.05, 0.1) is 40.9 Å². The van der Waals surface area contributed by atoms with Crippen molar-refractivity contribution in [1.29, 1.82) is 0 Å². The van der Waals surface area contributed by atoms with Crippen LogP contribution in [0.4, 0.5) is 0 Å². The number of fused-ring (bicyclic) bond motifs is 12. The van der Waals surface area contributed by atoms with Crippen molar-refractivity contribution < 1.29 is 0 Å². The van der Waals surface area contributed by atoms with Gasteiger partial charge in [-0.25, -0.2) is 0 Å². The molecule has 8 heteroatoms. The van der Waals surface area contributed by atoms with Crippen LogP contribution in [-0.2, 0) is 0 Å². The molecule has 2 aliphatic rings. The standard InChI is InChI=1S/C44H32N2S4Si2/c1-51(2)37-11-7-5-9-27(37)29-15-13-25(21-39(29)51)45-31-17-19-47-41(31)43-33(45)23-35(49-43)36-24-34-44(50-36)42-32(18-20-48-42)46(34)26-14-16-30-28-10-6-8-12-38(28)52(3,4)40(30)22-26/h5-24H,1-4H3. The maximum Gasteiger partial charge on any atom is 0.113 e. The molecule has 52 heavy (non-hydrogen) atoms. The van der Waals surface area contributed by atoms with E-state index in [1.54, 1.807) is 20.7 Å². The molecule has 250 valence electrons. The predicted molar refractivity (Wildman–Crippen MR) is 236 cm³/mol. The van der Waals surface area contributed by atoms with E-state index >= 15 is 0 Å². The Morgan fingerprint density at radius 3 is 1.29 bits per heavy atom. The van der Waals surface area contributed by atoms with Gasteiger partial charge in [-0.1, -0.05) is 86.9 Å². The number of nitrogens with zero attached hydrogens (tertiary/aromatic N) is 2. The number of thiophene rings is 4. The molecule has 0 bridgehead atoms. The highest BCUT2D eigenvalue weighted by molar-refractivity contribution is 7.33. The summed E-state index contributed by atoms with van der Waals surface area (Å²) in [5, 5.41) is 10.7. The van der Waals surface area contributed by atoms with Gasteiger partial charge in [0.15, 0.2) is 0 Å². The normalized spacial score (nSPS) is 15.2. The third-order valence-corrected chi connectivity index (χ3v) is 23.6. The Balaban J connectivity index is 1.01. The highest BCUT2D eigenvalue weighted by atomic mass is 32.1. The van der Waals surface area contributed by atoms with E-state index in [2.05, 4.69) is 155 Å². The van der Waals surface area contributed by atoms with Crippen LogP contribution in [0, 0.1) is 0 Å². The lowest BCUT2D eigenvalue weighted by Crippen LogP contribution is -2.49. The van der Waals surface area contributed by atoms with Crippen LogP contribution in [0.1, 0.15) is 0 Å². The average Bonchev–Trinajstić information content (AvgIpc) is 4.01. The van der Waals surface area contributed by atoms with Crippen molar-refractivity contribution in [2.75, 3.05) is 0 Å². The van der Waals surface area contributed by atoms with E-state index in [-0.39, 0.29) is 0 Å². The number of benzene rings is 4. The average molecular weight is 773 g/mol. The van der Waals surface area contributed by atoms with E-state index in [4.69, 9.17) is 0 Å². The molecule has 0 aliphatic carbocycles. The first-order valence-electron chi connectivity index (χ1n) is 17.8. The molecular formula is C44H32N2S4Si2. The minimum absolute atomic E-state index is 1.28. The van der Waals surface area contributed by atoms with Crippen molar-refractivity contribution in [2.24, 2.45) is 0 Å². The fourth-order valence-electron chi connectivity index (χ4n) is 9.44. The zero-order valence-corrected chi connectivity index (χ0v) is 34.3. The number of hydrogen-bond acceptors (Lipinski definition) is 4. The van der Waals surface area contributed by atoms with E-state index in [0.29, 0.717) is 0 Å². The molecule has 6 aromatic heterocycles. The summed E-state index contributed by atoms with van der Waals surface area (Å²) in [6.07, 6.45) is 0. The summed E-state index contributed by atoms with van der Waals surface area (Å²) in [5.41, 5.74) is 13.6. The molecule has 0 spiro atoms. The van der Waals surface area contributed by atoms with Crippen LogP contribution in [0.5, 0.6) is 0 Å². The summed E-state index contributed by atoms with van der Waals surface area (Å²) in [6.45, 7) is 10.0. The first kappa shape index (κ1) is 30.2. The predicted octanol–water partition coefficient (Wildman–Crippen LogP) is 11.4. The number of hydrogen-bond donors (Lipinski definition) is 0. The lowest BCUT2D eigenvalue weighted by atomic mass is 10.1. The van der Waals surface area contributed by atoms with Crippen molar-refractivity contribution in [1.82, 2.24) is 9.13 Å². The van der Waals surface area contributed by atoms with Crippen molar-refractivity contribution in [3.8, 4) is 43.4 Å². The Morgan fingerprint density at radius 1 is 0.404 bits per heavy atom. The van der Waals surface area contributed by atoms with Crippen molar-refractivity contribution in [3.05, 3.63) is 120 Å². The van der Waals surface area contributed by atoms with Crippen LogP contribution in [0.25, 0.3) is 84.2 Å². The second-order valence-corrected chi connectivity index (χ2v) is 28.0. The monoisotopic (exact) mass is 772 g/mol. The molecule has 0 atom stereocenters. The van der Waals surface area contributed by atoms with Gasteiger partial charge in [0.2, 0.25) is 0 Å². The highest BCUT2D eigenvalue weighted by Crippen LogP contribution is 2.48. The summed E-state index contributed by atoms with van der Waals surface area (Å²) < 4.78 is 10.6. The van der Waals surface area contributed by atoms with Gasteiger partial charge in [-0.2, -0.15) is 0 Å². The maximum atomic E-state index is 2.54. The zero-order chi connectivity index (χ0) is 34.7. The Hall–Kier alpha value is -4.29.